The molecule has 0 saturated heterocycles. The molecule has 3 N–H and O–H groups in total. The zero-order valence-electron chi connectivity index (χ0n) is 12.1. The van der Waals surface area contributed by atoms with E-state index in [1.807, 2.05) is 6.92 Å². The van der Waals surface area contributed by atoms with Gasteiger partial charge in [0.1, 0.15) is 18.2 Å². The molecule has 22 heavy (non-hydrogen) atoms. The number of amidine groups is 1. The Balaban J connectivity index is 2.13. The van der Waals surface area contributed by atoms with E-state index in [4.69, 9.17) is 10.5 Å². The van der Waals surface area contributed by atoms with E-state index in [1.54, 1.807) is 24.3 Å². The van der Waals surface area contributed by atoms with Gasteiger partial charge < -0.3 is 15.8 Å². The topological polar surface area (TPSA) is 111 Å². The van der Waals surface area contributed by atoms with Crippen LogP contribution in [0.15, 0.2) is 34.7 Å². The van der Waals surface area contributed by atoms with Crippen LogP contribution in [0.3, 0.4) is 0 Å². The monoisotopic (exact) mass is 323 g/mol. The van der Waals surface area contributed by atoms with Crippen molar-refractivity contribution >= 4 is 21.8 Å². The lowest BCUT2D eigenvalue weighted by atomic mass is 10.1. The van der Waals surface area contributed by atoms with Crippen molar-refractivity contribution in [3.63, 3.8) is 0 Å². The van der Waals surface area contributed by atoms with Gasteiger partial charge in [-0.1, -0.05) is 12.1 Å². The number of hydrogen-bond acceptors (Lipinski definition) is 5. The molecule has 0 atom stereocenters. The summed E-state index contributed by atoms with van der Waals surface area (Å²) in [6.07, 6.45) is 2.94. The van der Waals surface area contributed by atoms with Crippen LogP contribution >= 0.6 is 0 Å². The van der Waals surface area contributed by atoms with E-state index in [0.717, 1.165) is 0 Å². The highest BCUT2D eigenvalue weighted by molar-refractivity contribution is 7.89. The van der Waals surface area contributed by atoms with E-state index >= 15 is 0 Å². The standard InChI is InChI=1S/C14H17N3O4S/c1-2-16-12(18)7-4-8-21-11-6-3-5-10-9-22(19,20)17-14(15)13(10)11/h3-7H,2,8-9H2,1H3,(H2,15,17)(H,16,18)/b7-4+. The number of fused-ring (bicyclic) bond motifs is 1. The summed E-state index contributed by atoms with van der Waals surface area (Å²) < 4.78 is 32.2. The van der Waals surface area contributed by atoms with Gasteiger partial charge in [-0.25, -0.2) is 8.42 Å². The molecule has 8 heteroatoms. The van der Waals surface area contributed by atoms with Crippen molar-refractivity contribution in [1.82, 2.24) is 5.32 Å². The number of carbonyl (C=O) groups is 1. The van der Waals surface area contributed by atoms with Crippen molar-refractivity contribution in [1.29, 1.82) is 0 Å². The highest BCUT2D eigenvalue weighted by atomic mass is 32.2. The lowest BCUT2D eigenvalue weighted by molar-refractivity contribution is -0.116. The quantitative estimate of drug-likeness (QED) is 0.757. The Morgan fingerprint density at radius 1 is 1.50 bits per heavy atom. The maximum absolute atomic E-state index is 11.6. The highest BCUT2D eigenvalue weighted by Crippen LogP contribution is 2.27. The molecular formula is C14H17N3O4S. The molecule has 1 amide bonds. The van der Waals surface area contributed by atoms with Crippen molar-refractivity contribution in [2.24, 2.45) is 10.1 Å². The molecule has 2 rings (SSSR count). The predicted molar refractivity (Wildman–Crippen MR) is 83.1 cm³/mol. The van der Waals surface area contributed by atoms with Crippen LogP contribution in [0, 0.1) is 0 Å². The summed E-state index contributed by atoms with van der Waals surface area (Å²) in [5.74, 6) is -0.0401. The first-order chi connectivity index (χ1) is 10.4. The molecule has 0 bridgehead atoms. The molecular weight excluding hydrogens is 306 g/mol. The van der Waals surface area contributed by atoms with Gasteiger partial charge in [-0.2, -0.15) is 0 Å². The number of hydrogen-bond donors (Lipinski definition) is 2. The Morgan fingerprint density at radius 2 is 2.27 bits per heavy atom. The SMILES string of the molecule is CCNC(=O)/C=C/COc1cccc2c1C(N)=NS(=O)(=O)C2. The highest BCUT2D eigenvalue weighted by Gasteiger charge is 2.24. The zero-order chi connectivity index (χ0) is 16.2. The minimum atomic E-state index is -3.56. The number of ether oxygens (including phenoxy) is 1. The van der Waals surface area contributed by atoms with E-state index in [-0.39, 0.29) is 24.1 Å². The molecule has 0 aromatic heterocycles. The first-order valence-electron chi connectivity index (χ1n) is 6.70. The minimum Gasteiger partial charge on any atom is -0.489 e. The third-order valence-corrected chi connectivity index (χ3v) is 4.05. The fourth-order valence-corrected chi connectivity index (χ4v) is 3.15. The minimum absolute atomic E-state index is 0.0791. The molecule has 1 aromatic rings. The number of amides is 1. The number of nitrogens with zero attached hydrogens (tertiary/aromatic N) is 1. The molecule has 1 heterocycles. The van der Waals surface area contributed by atoms with Crippen molar-refractivity contribution in [3.8, 4) is 5.75 Å². The predicted octanol–water partition coefficient (Wildman–Crippen LogP) is 0.306. The molecule has 0 aliphatic carbocycles. The smallest absolute Gasteiger partial charge is 0.259 e. The Labute approximate surface area is 128 Å². The number of likely N-dealkylation sites (N-methyl/N-ethyl adjacent to an activating group) is 1. The molecule has 1 aromatic carbocycles. The van der Waals surface area contributed by atoms with Crippen LogP contribution in [0.25, 0.3) is 0 Å². The molecule has 0 fully saturated rings. The van der Waals surface area contributed by atoms with Crippen LogP contribution in [0.4, 0.5) is 0 Å². The number of rotatable bonds is 5. The van der Waals surface area contributed by atoms with Crippen LogP contribution in [0.2, 0.25) is 0 Å². The second-order valence-corrected chi connectivity index (χ2v) is 6.24. The number of benzene rings is 1. The van der Waals surface area contributed by atoms with Crippen molar-refractivity contribution < 1.29 is 17.9 Å². The van der Waals surface area contributed by atoms with Crippen molar-refractivity contribution in [3.05, 3.63) is 41.5 Å². The maximum Gasteiger partial charge on any atom is 0.259 e. The average molecular weight is 323 g/mol. The number of nitrogens with one attached hydrogen (secondary N) is 1. The van der Waals surface area contributed by atoms with E-state index in [0.29, 0.717) is 23.4 Å². The lowest BCUT2D eigenvalue weighted by Crippen LogP contribution is -2.24. The molecule has 0 saturated carbocycles. The summed E-state index contributed by atoms with van der Waals surface area (Å²) in [7, 11) is -3.56. The van der Waals surface area contributed by atoms with E-state index in [9.17, 15) is 13.2 Å². The summed E-state index contributed by atoms with van der Waals surface area (Å²) in [6, 6.07) is 5.04. The summed E-state index contributed by atoms with van der Waals surface area (Å²) in [4.78, 5) is 11.3. The summed E-state index contributed by atoms with van der Waals surface area (Å²) in [6.45, 7) is 2.54. The van der Waals surface area contributed by atoms with E-state index < -0.39 is 10.0 Å². The number of carbonyl (C=O) groups excluding carboxylic acids is 1. The molecule has 1 aliphatic rings. The molecule has 0 spiro atoms. The third-order valence-electron chi connectivity index (χ3n) is 2.90. The van der Waals surface area contributed by atoms with Crippen LogP contribution < -0.4 is 15.8 Å². The average Bonchev–Trinajstić information content (AvgIpc) is 2.42. The zero-order valence-corrected chi connectivity index (χ0v) is 12.9. The van der Waals surface area contributed by atoms with Gasteiger partial charge >= 0.3 is 0 Å². The summed E-state index contributed by atoms with van der Waals surface area (Å²) in [5.41, 5.74) is 6.77. The first-order valence-corrected chi connectivity index (χ1v) is 8.31. The molecule has 7 nitrogen and oxygen atoms in total. The van der Waals surface area contributed by atoms with Gasteiger partial charge in [0.05, 0.1) is 11.3 Å². The van der Waals surface area contributed by atoms with Gasteiger partial charge in [0.25, 0.3) is 10.0 Å². The molecule has 0 unspecified atom stereocenters. The van der Waals surface area contributed by atoms with Gasteiger partial charge in [-0.15, -0.1) is 4.40 Å². The van der Waals surface area contributed by atoms with Gasteiger partial charge in [-0.3, -0.25) is 4.79 Å². The summed E-state index contributed by atoms with van der Waals surface area (Å²) >= 11 is 0. The Bertz CT molecular complexity index is 738. The third kappa shape index (κ3) is 3.85. The number of nitrogens with two attached hydrogens (primary N) is 1. The fourth-order valence-electron chi connectivity index (χ4n) is 2.06. The Kier molecular flexibility index (Phi) is 4.81. The second kappa shape index (κ2) is 6.61. The Morgan fingerprint density at radius 3 is 3.00 bits per heavy atom. The van der Waals surface area contributed by atoms with E-state index in [1.165, 1.54) is 6.08 Å². The van der Waals surface area contributed by atoms with Gasteiger partial charge in [-0.05, 0) is 24.6 Å². The lowest BCUT2D eigenvalue weighted by Gasteiger charge is -2.17. The van der Waals surface area contributed by atoms with Gasteiger partial charge in [0.2, 0.25) is 5.91 Å². The van der Waals surface area contributed by atoms with E-state index in [2.05, 4.69) is 9.71 Å². The summed E-state index contributed by atoms with van der Waals surface area (Å²) in [5, 5.41) is 2.62. The van der Waals surface area contributed by atoms with Crippen LogP contribution in [-0.4, -0.2) is 33.3 Å². The maximum atomic E-state index is 11.6. The normalized spacial score (nSPS) is 16.0. The molecule has 0 radical (unpaired) electrons. The largest absolute Gasteiger partial charge is 0.489 e. The van der Waals surface area contributed by atoms with Crippen LogP contribution in [-0.2, 0) is 20.6 Å². The second-order valence-electron chi connectivity index (χ2n) is 4.60. The molecule has 1 aliphatic heterocycles. The van der Waals surface area contributed by atoms with Gasteiger partial charge in [0, 0.05) is 12.6 Å². The first kappa shape index (κ1) is 16.0. The van der Waals surface area contributed by atoms with Crippen molar-refractivity contribution in [2.75, 3.05) is 13.2 Å². The fraction of sp³-hybridized carbons (Fsp3) is 0.286. The Hall–Kier alpha value is -2.35. The number of sulfonamides is 1. The van der Waals surface area contributed by atoms with Crippen LogP contribution in [0.5, 0.6) is 5.75 Å². The van der Waals surface area contributed by atoms with Gasteiger partial charge in [0.15, 0.2) is 0 Å². The van der Waals surface area contributed by atoms with Crippen molar-refractivity contribution in [2.45, 2.75) is 12.7 Å². The van der Waals surface area contributed by atoms with Crippen LogP contribution in [0.1, 0.15) is 18.1 Å². The molecule has 118 valence electrons.